The summed E-state index contributed by atoms with van der Waals surface area (Å²) < 4.78 is 5.43. The zero-order chi connectivity index (χ0) is 14.5. The van der Waals surface area contributed by atoms with Crippen molar-refractivity contribution in [1.29, 1.82) is 0 Å². The van der Waals surface area contributed by atoms with Gasteiger partial charge >= 0.3 is 0 Å². The summed E-state index contributed by atoms with van der Waals surface area (Å²) in [5.41, 5.74) is 1.76. The zero-order valence-electron chi connectivity index (χ0n) is 11.5. The van der Waals surface area contributed by atoms with Crippen molar-refractivity contribution < 1.29 is 9.53 Å². The van der Waals surface area contributed by atoms with Crippen molar-refractivity contribution in [1.82, 2.24) is 15.3 Å². The van der Waals surface area contributed by atoms with Gasteiger partial charge in [0.2, 0.25) is 0 Å². The summed E-state index contributed by atoms with van der Waals surface area (Å²) in [4.78, 5) is 20.1. The third-order valence-corrected chi connectivity index (χ3v) is 3.23. The molecule has 0 aliphatic carbocycles. The van der Waals surface area contributed by atoms with Gasteiger partial charge in [-0.25, -0.2) is 4.98 Å². The van der Waals surface area contributed by atoms with E-state index >= 15 is 0 Å². The van der Waals surface area contributed by atoms with Gasteiger partial charge in [0, 0.05) is 37.5 Å². The highest BCUT2D eigenvalue weighted by atomic mass is 16.5. The van der Waals surface area contributed by atoms with Gasteiger partial charge in [0.25, 0.3) is 5.91 Å². The van der Waals surface area contributed by atoms with E-state index in [2.05, 4.69) is 20.6 Å². The maximum atomic E-state index is 12.0. The second kappa shape index (κ2) is 6.21. The average molecular weight is 284 g/mol. The first-order valence-electron chi connectivity index (χ1n) is 6.87. The summed E-state index contributed by atoms with van der Waals surface area (Å²) in [6, 6.07) is 5.54. The number of benzene rings is 1. The minimum absolute atomic E-state index is 0.0781. The Morgan fingerprint density at radius 2 is 2.24 bits per heavy atom. The number of anilines is 1. The molecule has 0 radical (unpaired) electrons. The molecular formula is C15H16N4O2. The molecule has 6 heteroatoms. The molecule has 2 N–H and O–H groups in total. The fourth-order valence-corrected chi connectivity index (χ4v) is 2.19. The van der Waals surface area contributed by atoms with Gasteiger partial charge in [-0.1, -0.05) is 0 Å². The second-order valence-electron chi connectivity index (χ2n) is 4.69. The van der Waals surface area contributed by atoms with Crippen LogP contribution >= 0.6 is 0 Å². The van der Waals surface area contributed by atoms with Crippen LogP contribution in [0.3, 0.4) is 0 Å². The van der Waals surface area contributed by atoms with Crippen LogP contribution in [0.5, 0.6) is 5.75 Å². The van der Waals surface area contributed by atoms with Crippen molar-refractivity contribution in [3.05, 3.63) is 47.9 Å². The van der Waals surface area contributed by atoms with Crippen LogP contribution in [0.4, 0.5) is 5.82 Å². The Morgan fingerprint density at radius 1 is 1.29 bits per heavy atom. The molecule has 2 aromatic rings. The number of nitrogens with zero attached hydrogens (tertiary/aromatic N) is 2. The van der Waals surface area contributed by atoms with Gasteiger partial charge in [-0.05, 0) is 23.8 Å². The molecule has 1 aromatic heterocycles. The van der Waals surface area contributed by atoms with E-state index in [9.17, 15) is 4.79 Å². The van der Waals surface area contributed by atoms with Crippen molar-refractivity contribution in [3.8, 4) is 5.75 Å². The van der Waals surface area contributed by atoms with E-state index < -0.39 is 0 Å². The van der Waals surface area contributed by atoms with Crippen molar-refractivity contribution >= 4 is 11.7 Å². The molecule has 108 valence electrons. The molecule has 0 saturated heterocycles. The van der Waals surface area contributed by atoms with Crippen molar-refractivity contribution in [3.63, 3.8) is 0 Å². The molecule has 0 saturated carbocycles. The van der Waals surface area contributed by atoms with Crippen LogP contribution in [0, 0.1) is 0 Å². The molecule has 0 fully saturated rings. The number of ether oxygens (including phenoxy) is 1. The molecule has 1 amide bonds. The van der Waals surface area contributed by atoms with Gasteiger partial charge in [-0.15, -0.1) is 0 Å². The molecule has 21 heavy (non-hydrogen) atoms. The normalized spacial score (nSPS) is 12.4. The average Bonchev–Trinajstić information content (AvgIpc) is 3.00. The van der Waals surface area contributed by atoms with Crippen LogP contribution in [-0.2, 0) is 6.42 Å². The van der Waals surface area contributed by atoms with Gasteiger partial charge < -0.3 is 15.4 Å². The SMILES string of the molecule is O=C(NCCNc1cnccn1)c1ccc2c(c1)CCO2. The second-order valence-corrected chi connectivity index (χ2v) is 4.69. The fourth-order valence-electron chi connectivity index (χ4n) is 2.19. The summed E-state index contributed by atoms with van der Waals surface area (Å²) in [6.45, 7) is 1.81. The summed E-state index contributed by atoms with van der Waals surface area (Å²) in [6.07, 6.45) is 5.74. The van der Waals surface area contributed by atoms with Gasteiger partial charge in [0.05, 0.1) is 12.8 Å². The highest BCUT2D eigenvalue weighted by Gasteiger charge is 2.14. The number of rotatable bonds is 5. The lowest BCUT2D eigenvalue weighted by molar-refractivity contribution is 0.0955. The molecule has 6 nitrogen and oxygen atoms in total. The Morgan fingerprint density at radius 3 is 3.10 bits per heavy atom. The highest BCUT2D eigenvalue weighted by Crippen LogP contribution is 2.25. The molecule has 1 aliphatic rings. The molecule has 0 spiro atoms. The van der Waals surface area contributed by atoms with Crippen LogP contribution in [0.1, 0.15) is 15.9 Å². The van der Waals surface area contributed by atoms with Gasteiger partial charge in [0.15, 0.2) is 0 Å². The Kier molecular flexibility index (Phi) is 3.95. The largest absolute Gasteiger partial charge is 0.493 e. The smallest absolute Gasteiger partial charge is 0.251 e. The molecule has 2 heterocycles. The molecule has 1 aromatic carbocycles. The highest BCUT2D eigenvalue weighted by molar-refractivity contribution is 5.94. The van der Waals surface area contributed by atoms with Crippen LogP contribution in [-0.4, -0.2) is 35.6 Å². The Balaban J connectivity index is 1.48. The quantitative estimate of drug-likeness (QED) is 0.808. The topological polar surface area (TPSA) is 76.1 Å². The lowest BCUT2D eigenvalue weighted by Gasteiger charge is -2.08. The van der Waals surface area contributed by atoms with E-state index in [1.54, 1.807) is 24.7 Å². The van der Waals surface area contributed by atoms with Gasteiger partial charge in [-0.3, -0.25) is 9.78 Å². The minimum atomic E-state index is -0.0781. The monoisotopic (exact) mass is 284 g/mol. The van der Waals surface area contributed by atoms with Crippen LogP contribution < -0.4 is 15.4 Å². The van der Waals surface area contributed by atoms with E-state index in [1.165, 1.54) is 0 Å². The van der Waals surface area contributed by atoms with E-state index in [4.69, 9.17) is 4.74 Å². The Labute approximate surface area is 122 Å². The Hall–Kier alpha value is -2.63. The first kappa shape index (κ1) is 13.4. The van der Waals surface area contributed by atoms with Crippen molar-refractivity contribution in [2.45, 2.75) is 6.42 Å². The van der Waals surface area contributed by atoms with E-state index in [0.29, 0.717) is 31.1 Å². The van der Waals surface area contributed by atoms with Gasteiger partial charge in [-0.2, -0.15) is 0 Å². The predicted octanol–water partition coefficient (Wildman–Crippen LogP) is 1.25. The van der Waals surface area contributed by atoms with Crippen LogP contribution in [0.15, 0.2) is 36.8 Å². The zero-order valence-corrected chi connectivity index (χ0v) is 11.5. The lowest BCUT2D eigenvalue weighted by Crippen LogP contribution is -2.28. The van der Waals surface area contributed by atoms with Gasteiger partial charge in [0.1, 0.15) is 11.6 Å². The first-order valence-corrected chi connectivity index (χ1v) is 6.87. The third kappa shape index (κ3) is 3.28. The maximum Gasteiger partial charge on any atom is 0.251 e. The summed E-state index contributed by atoms with van der Waals surface area (Å²) in [7, 11) is 0. The predicted molar refractivity (Wildman–Crippen MR) is 78.5 cm³/mol. The molecule has 0 unspecified atom stereocenters. The standard InChI is InChI=1S/C15H16N4O2/c20-15(12-1-2-13-11(9-12)3-8-21-13)19-7-6-18-14-10-16-4-5-17-14/h1-2,4-5,9-10H,3,6-8H2,(H,17,18)(H,19,20). The third-order valence-electron chi connectivity index (χ3n) is 3.23. The van der Waals surface area contributed by atoms with Crippen molar-refractivity contribution in [2.75, 3.05) is 25.0 Å². The number of amides is 1. The maximum absolute atomic E-state index is 12.0. The molecule has 0 atom stereocenters. The van der Waals surface area contributed by atoms with E-state index in [-0.39, 0.29) is 5.91 Å². The Bertz CT molecular complexity index is 631. The molecule has 1 aliphatic heterocycles. The minimum Gasteiger partial charge on any atom is -0.493 e. The van der Waals surface area contributed by atoms with E-state index in [0.717, 1.165) is 17.7 Å². The number of carbonyl (C=O) groups excluding carboxylic acids is 1. The number of carbonyl (C=O) groups is 1. The molecular weight excluding hydrogens is 268 g/mol. The summed E-state index contributed by atoms with van der Waals surface area (Å²) in [5, 5.41) is 5.95. The summed E-state index contributed by atoms with van der Waals surface area (Å²) in [5.74, 6) is 1.50. The number of hydrogen-bond acceptors (Lipinski definition) is 5. The van der Waals surface area contributed by atoms with Crippen LogP contribution in [0.2, 0.25) is 0 Å². The summed E-state index contributed by atoms with van der Waals surface area (Å²) >= 11 is 0. The molecule has 3 rings (SSSR count). The van der Waals surface area contributed by atoms with E-state index in [1.807, 2.05) is 12.1 Å². The number of aromatic nitrogens is 2. The number of hydrogen-bond donors (Lipinski definition) is 2. The number of fused-ring (bicyclic) bond motifs is 1. The van der Waals surface area contributed by atoms with Crippen LogP contribution in [0.25, 0.3) is 0 Å². The van der Waals surface area contributed by atoms with Crippen molar-refractivity contribution in [2.24, 2.45) is 0 Å². The molecule has 0 bridgehead atoms. The first-order chi connectivity index (χ1) is 10.3. The number of nitrogens with one attached hydrogen (secondary N) is 2. The lowest BCUT2D eigenvalue weighted by atomic mass is 10.1. The fraction of sp³-hybridized carbons (Fsp3) is 0.267.